The van der Waals surface area contributed by atoms with Gasteiger partial charge in [0, 0.05) is 41.3 Å². The van der Waals surface area contributed by atoms with Crippen LogP contribution in [0.25, 0.3) is 32.3 Å². The molecule has 0 fully saturated rings. The van der Waals surface area contributed by atoms with Crippen LogP contribution < -0.4 is 4.74 Å². The van der Waals surface area contributed by atoms with Crippen molar-refractivity contribution >= 4 is 11.3 Å². The van der Waals surface area contributed by atoms with Gasteiger partial charge in [0.15, 0.2) is 0 Å². The fourth-order valence-corrected chi connectivity index (χ4v) is 3.64. The second kappa shape index (κ2) is 6.83. The van der Waals surface area contributed by atoms with Crippen molar-refractivity contribution in [2.75, 3.05) is 7.11 Å². The Hall–Kier alpha value is -3.05. The Balaban J connectivity index is 1.87. The summed E-state index contributed by atoms with van der Waals surface area (Å²) >= 11 is 1.66. The molecule has 25 heavy (non-hydrogen) atoms. The Bertz CT molecular complexity index is 967. The number of pyridine rings is 2. The summed E-state index contributed by atoms with van der Waals surface area (Å²) in [6.45, 7) is 0. The van der Waals surface area contributed by atoms with Gasteiger partial charge >= 0.3 is 0 Å². The predicted octanol–water partition coefficient (Wildman–Crippen LogP) is 4.94. The molecule has 3 heterocycles. The fourth-order valence-electron chi connectivity index (χ4n) is 2.56. The smallest absolute Gasteiger partial charge is 0.212 e. The summed E-state index contributed by atoms with van der Waals surface area (Å²) in [5, 5.41) is 0.984. The summed E-state index contributed by atoms with van der Waals surface area (Å²) in [6.07, 6.45) is 5.39. The zero-order chi connectivity index (χ0) is 17.1. The molecule has 122 valence electrons. The maximum atomic E-state index is 5.16. The molecule has 0 amide bonds. The van der Waals surface area contributed by atoms with E-state index in [1.54, 1.807) is 30.8 Å². The molecule has 1 aromatic carbocycles. The highest BCUT2D eigenvalue weighted by atomic mass is 32.1. The van der Waals surface area contributed by atoms with Gasteiger partial charge in [0.2, 0.25) is 5.88 Å². The molecule has 0 unspecified atom stereocenters. The van der Waals surface area contributed by atoms with Crippen molar-refractivity contribution in [3.63, 3.8) is 0 Å². The van der Waals surface area contributed by atoms with Crippen LogP contribution in [0.1, 0.15) is 0 Å². The lowest BCUT2D eigenvalue weighted by Crippen LogP contribution is -1.87. The van der Waals surface area contributed by atoms with E-state index in [9.17, 15) is 0 Å². The van der Waals surface area contributed by atoms with E-state index in [4.69, 9.17) is 9.72 Å². The van der Waals surface area contributed by atoms with Crippen LogP contribution in [0.2, 0.25) is 0 Å². The lowest BCUT2D eigenvalue weighted by Gasteiger charge is -2.03. The van der Waals surface area contributed by atoms with Crippen LogP contribution in [0.5, 0.6) is 5.88 Å². The van der Waals surface area contributed by atoms with Gasteiger partial charge in [-0.15, -0.1) is 11.3 Å². The Kier molecular flexibility index (Phi) is 4.23. The lowest BCUT2D eigenvalue weighted by molar-refractivity contribution is 0.398. The number of ether oxygens (including phenoxy) is 1. The van der Waals surface area contributed by atoms with Gasteiger partial charge in [-0.05, 0) is 18.2 Å². The molecule has 3 aromatic heterocycles. The molecule has 0 aliphatic carbocycles. The topological polar surface area (TPSA) is 47.9 Å². The minimum absolute atomic E-state index is 0.599. The predicted molar refractivity (Wildman–Crippen MR) is 101 cm³/mol. The van der Waals surface area contributed by atoms with Crippen molar-refractivity contribution < 1.29 is 4.74 Å². The van der Waals surface area contributed by atoms with Crippen LogP contribution >= 0.6 is 11.3 Å². The highest BCUT2D eigenvalue weighted by molar-refractivity contribution is 7.19. The Morgan fingerprint density at radius 3 is 2.32 bits per heavy atom. The molecule has 0 aliphatic heterocycles. The lowest BCUT2D eigenvalue weighted by atomic mass is 10.1. The molecule has 0 saturated heterocycles. The Morgan fingerprint density at radius 2 is 1.64 bits per heavy atom. The van der Waals surface area contributed by atoms with Crippen LogP contribution in [0.4, 0.5) is 0 Å². The van der Waals surface area contributed by atoms with E-state index in [-0.39, 0.29) is 0 Å². The standard InChI is InChI=1S/C20H15N3OS/c1-24-17-8-7-16(13-22-17)19-18(14-9-11-21-12-10-14)23-20(25-19)15-5-3-2-4-6-15/h2-13H,1H3. The SMILES string of the molecule is COc1ccc(-c2sc(-c3ccccc3)nc2-c2ccncc2)cn1. The van der Waals surface area contributed by atoms with E-state index >= 15 is 0 Å². The minimum Gasteiger partial charge on any atom is -0.481 e. The van der Waals surface area contributed by atoms with E-state index in [2.05, 4.69) is 22.1 Å². The first-order valence-corrected chi connectivity index (χ1v) is 8.64. The zero-order valence-electron chi connectivity index (χ0n) is 13.6. The fraction of sp³-hybridized carbons (Fsp3) is 0.0500. The van der Waals surface area contributed by atoms with Gasteiger partial charge in [0.25, 0.3) is 0 Å². The van der Waals surface area contributed by atoms with Gasteiger partial charge in [0.1, 0.15) is 5.01 Å². The van der Waals surface area contributed by atoms with Gasteiger partial charge in [-0.2, -0.15) is 0 Å². The van der Waals surface area contributed by atoms with Crippen molar-refractivity contribution in [3.8, 4) is 38.1 Å². The number of hydrogen-bond donors (Lipinski definition) is 0. The van der Waals surface area contributed by atoms with E-state index < -0.39 is 0 Å². The van der Waals surface area contributed by atoms with E-state index in [1.165, 1.54) is 0 Å². The molecule has 0 aliphatic rings. The summed E-state index contributed by atoms with van der Waals surface area (Å²) < 4.78 is 5.16. The number of rotatable bonds is 4. The molecule has 0 radical (unpaired) electrons. The van der Waals surface area contributed by atoms with Crippen molar-refractivity contribution in [3.05, 3.63) is 73.2 Å². The highest BCUT2D eigenvalue weighted by Crippen LogP contribution is 2.40. The van der Waals surface area contributed by atoms with Crippen LogP contribution in [0.15, 0.2) is 73.2 Å². The van der Waals surface area contributed by atoms with E-state index in [0.29, 0.717) is 5.88 Å². The molecule has 0 saturated carbocycles. The minimum atomic E-state index is 0.599. The molecular weight excluding hydrogens is 330 g/mol. The molecule has 5 heteroatoms. The summed E-state index contributed by atoms with van der Waals surface area (Å²) in [5.41, 5.74) is 4.11. The Morgan fingerprint density at radius 1 is 0.840 bits per heavy atom. The van der Waals surface area contributed by atoms with Crippen LogP contribution in [0.3, 0.4) is 0 Å². The first kappa shape index (κ1) is 15.5. The second-order valence-corrected chi connectivity index (χ2v) is 6.39. The average molecular weight is 345 g/mol. The van der Waals surface area contributed by atoms with Gasteiger partial charge in [-0.1, -0.05) is 30.3 Å². The summed E-state index contributed by atoms with van der Waals surface area (Å²) in [4.78, 5) is 14.4. The number of benzene rings is 1. The largest absolute Gasteiger partial charge is 0.481 e. The third-order valence-electron chi connectivity index (χ3n) is 3.81. The van der Waals surface area contributed by atoms with Gasteiger partial charge in [-0.25, -0.2) is 9.97 Å². The first-order chi connectivity index (χ1) is 12.3. The van der Waals surface area contributed by atoms with Crippen molar-refractivity contribution in [1.82, 2.24) is 15.0 Å². The monoisotopic (exact) mass is 345 g/mol. The molecule has 0 spiro atoms. The second-order valence-electron chi connectivity index (χ2n) is 5.39. The highest BCUT2D eigenvalue weighted by Gasteiger charge is 2.16. The number of nitrogens with zero attached hydrogens (tertiary/aromatic N) is 3. The number of aromatic nitrogens is 3. The molecular formula is C20H15N3OS. The van der Waals surface area contributed by atoms with E-state index in [1.807, 2.05) is 48.7 Å². The molecule has 0 N–H and O–H groups in total. The van der Waals surface area contributed by atoms with Gasteiger partial charge < -0.3 is 4.74 Å². The average Bonchev–Trinajstić information content (AvgIpc) is 3.15. The van der Waals surface area contributed by atoms with Crippen LogP contribution in [-0.2, 0) is 0 Å². The maximum absolute atomic E-state index is 5.16. The van der Waals surface area contributed by atoms with Crippen molar-refractivity contribution in [2.24, 2.45) is 0 Å². The normalized spacial score (nSPS) is 10.6. The number of hydrogen-bond acceptors (Lipinski definition) is 5. The third kappa shape index (κ3) is 3.14. The summed E-state index contributed by atoms with van der Waals surface area (Å²) in [6, 6.07) is 18.0. The first-order valence-electron chi connectivity index (χ1n) is 7.82. The van der Waals surface area contributed by atoms with Gasteiger partial charge in [-0.3, -0.25) is 4.98 Å². The van der Waals surface area contributed by atoms with Crippen molar-refractivity contribution in [2.45, 2.75) is 0 Å². The Labute approximate surface area is 149 Å². The van der Waals surface area contributed by atoms with Crippen molar-refractivity contribution in [1.29, 1.82) is 0 Å². The molecule has 4 nitrogen and oxygen atoms in total. The summed E-state index contributed by atoms with van der Waals surface area (Å²) in [5.74, 6) is 0.599. The van der Waals surface area contributed by atoms with Crippen LogP contribution in [0, 0.1) is 0 Å². The number of thiazole rings is 1. The van der Waals surface area contributed by atoms with Gasteiger partial charge in [0.05, 0.1) is 17.7 Å². The number of methoxy groups -OCH3 is 1. The van der Waals surface area contributed by atoms with E-state index in [0.717, 1.165) is 32.3 Å². The summed E-state index contributed by atoms with van der Waals surface area (Å²) in [7, 11) is 1.62. The molecule has 0 atom stereocenters. The molecule has 4 rings (SSSR count). The maximum Gasteiger partial charge on any atom is 0.212 e. The molecule has 0 bridgehead atoms. The zero-order valence-corrected chi connectivity index (χ0v) is 14.4. The quantitative estimate of drug-likeness (QED) is 0.525. The molecule has 4 aromatic rings. The third-order valence-corrected chi connectivity index (χ3v) is 4.96. The van der Waals surface area contributed by atoms with Crippen LogP contribution in [-0.4, -0.2) is 22.1 Å².